The molecule has 3 rings (SSSR count). The van der Waals surface area contributed by atoms with Crippen molar-refractivity contribution in [3.05, 3.63) is 47.8 Å². The normalized spacial score (nSPS) is 16.3. The van der Waals surface area contributed by atoms with Crippen LogP contribution < -0.4 is 5.32 Å². The molecule has 1 heterocycles. The molecule has 1 aliphatic rings. The topological polar surface area (TPSA) is 89.3 Å². The van der Waals surface area contributed by atoms with E-state index in [4.69, 9.17) is 4.74 Å². The van der Waals surface area contributed by atoms with Gasteiger partial charge in [0.2, 0.25) is 0 Å². The third-order valence-electron chi connectivity index (χ3n) is 4.68. The van der Waals surface area contributed by atoms with Crippen LogP contribution in [0, 0.1) is 0 Å². The van der Waals surface area contributed by atoms with Gasteiger partial charge in [-0.2, -0.15) is 0 Å². The van der Waals surface area contributed by atoms with Crippen molar-refractivity contribution in [1.29, 1.82) is 0 Å². The zero-order valence-electron chi connectivity index (χ0n) is 14.9. The first kappa shape index (κ1) is 18.5. The van der Waals surface area contributed by atoms with Gasteiger partial charge in [-0.15, -0.1) is 5.10 Å². The van der Waals surface area contributed by atoms with Crippen molar-refractivity contribution >= 4 is 5.91 Å². The average Bonchev–Trinajstić information content (AvgIpc) is 3.19. The second-order valence-electron chi connectivity index (χ2n) is 6.73. The lowest BCUT2D eigenvalue weighted by molar-refractivity contribution is 0.0672. The highest BCUT2D eigenvalue weighted by atomic mass is 16.5. The minimum Gasteiger partial charge on any atom is -0.394 e. The molecule has 1 aliphatic carbocycles. The molecule has 0 saturated heterocycles. The molecule has 0 aliphatic heterocycles. The Hall–Kier alpha value is -2.25. The lowest BCUT2D eigenvalue weighted by Gasteiger charge is -2.20. The number of aliphatic hydroxyl groups excluding tert-OH is 1. The summed E-state index contributed by atoms with van der Waals surface area (Å²) in [4.78, 5) is 12.3. The number of aliphatic hydroxyl groups is 1. The van der Waals surface area contributed by atoms with Crippen LogP contribution in [0.1, 0.15) is 54.2 Å². The molecule has 0 spiro atoms. The first-order valence-corrected chi connectivity index (χ1v) is 9.21. The van der Waals surface area contributed by atoms with Crippen LogP contribution in [0.3, 0.4) is 0 Å². The number of rotatable bonds is 8. The Morgan fingerprint density at radius 1 is 1.27 bits per heavy atom. The molecular weight excluding hydrogens is 332 g/mol. The summed E-state index contributed by atoms with van der Waals surface area (Å²) >= 11 is 0. The van der Waals surface area contributed by atoms with Gasteiger partial charge in [-0.3, -0.25) is 4.79 Å². The summed E-state index contributed by atoms with van der Waals surface area (Å²) in [5, 5.41) is 20.3. The van der Waals surface area contributed by atoms with E-state index in [1.165, 1.54) is 19.3 Å². The Bertz CT molecular complexity index is 683. The average molecular weight is 358 g/mol. The van der Waals surface area contributed by atoms with E-state index < -0.39 is 6.04 Å². The van der Waals surface area contributed by atoms with Crippen LogP contribution in [0.25, 0.3) is 0 Å². The second-order valence-corrected chi connectivity index (χ2v) is 6.73. The van der Waals surface area contributed by atoms with Crippen molar-refractivity contribution in [2.45, 2.75) is 50.8 Å². The minimum atomic E-state index is -0.481. The molecule has 2 N–H and O–H groups in total. The van der Waals surface area contributed by atoms with Gasteiger partial charge in [0.15, 0.2) is 5.69 Å². The standard InChI is InChI=1S/C19H26N4O3/c24-12-16(14-26-13-15-7-3-1-4-8-15)20-19(25)18-11-23(22-21-18)17-9-5-2-6-10-17/h1,3-4,7-8,11,16-17,24H,2,5-6,9-10,12-14H2,(H,20,25)/t16-/m1/s1. The summed E-state index contributed by atoms with van der Waals surface area (Å²) in [6, 6.07) is 9.62. The Morgan fingerprint density at radius 2 is 2.04 bits per heavy atom. The summed E-state index contributed by atoms with van der Waals surface area (Å²) in [7, 11) is 0. The van der Waals surface area contributed by atoms with Gasteiger partial charge in [-0.25, -0.2) is 4.68 Å². The first-order chi connectivity index (χ1) is 12.8. The molecule has 7 nitrogen and oxygen atoms in total. The highest BCUT2D eigenvalue weighted by Gasteiger charge is 2.20. The van der Waals surface area contributed by atoms with Gasteiger partial charge in [0, 0.05) is 0 Å². The highest BCUT2D eigenvalue weighted by Crippen LogP contribution is 2.27. The fourth-order valence-electron chi connectivity index (χ4n) is 3.20. The number of hydrogen-bond donors (Lipinski definition) is 2. The number of aromatic nitrogens is 3. The summed E-state index contributed by atoms with van der Waals surface area (Å²) in [5.74, 6) is -0.338. The highest BCUT2D eigenvalue weighted by molar-refractivity contribution is 5.92. The molecule has 0 bridgehead atoms. The first-order valence-electron chi connectivity index (χ1n) is 9.21. The number of carbonyl (C=O) groups excluding carboxylic acids is 1. The Morgan fingerprint density at radius 3 is 2.77 bits per heavy atom. The predicted molar refractivity (Wildman–Crippen MR) is 96.6 cm³/mol. The van der Waals surface area contributed by atoms with E-state index in [0.29, 0.717) is 12.6 Å². The molecule has 1 saturated carbocycles. The molecule has 1 atom stereocenters. The fourth-order valence-corrected chi connectivity index (χ4v) is 3.20. The van der Waals surface area contributed by atoms with Crippen molar-refractivity contribution in [3.63, 3.8) is 0 Å². The van der Waals surface area contributed by atoms with E-state index in [1.54, 1.807) is 10.9 Å². The molecule has 0 radical (unpaired) electrons. The van der Waals surface area contributed by atoms with Crippen molar-refractivity contribution in [2.75, 3.05) is 13.2 Å². The Kier molecular flexibility index (Phi) is 6.74. The van der Waals surface area contributed by atoms with E-state index >= 15 is 0 Å². The molecule has 2 aromatic rings. The predicted octanol–water partition coefficient (Wildman–Crippen LogP) is 2.09. The van der Waals surface area contributed by atoms with Crippen molar-refractivity contribution in [2.24, 2.45) is 0 Å². The summed E-state index contributed by atoms with van der Waals surface area (Å²) in [6.45, 7) is 0.469. The second kappa shape index (κ2) is 9.45. The van der Waals surface area contributed by atoms with Gasteiger partial charge < -0.3 is 15.2 Å². The van der Waals surface area contributed by atoms with Crippen LogP contribution in [0.4, 0.5) is 0 Å². The molecule has 7 heteroatoms. The van der Waals surface area contributed by atoms with Gasteiger partial charge in [-0.1, -0.05) is 54.8 Å². The summed E-state index contributed by atoms with van der Waals surface area (Å²) < 4.78 is 7.39. The number of nitrogens with zero attached hydrogens (tertiary/aromatic N) is 3. The minimum absolute atomic E-state index is 0.197. The lowest BCUT2D eigenvalue weighted by Crippen LogP contribution is -2.41. The third kappa shape index (κ3) is 5.12. The maximum absolute atomic E-state index is 12.3. The summed E-state index contributed by atoms with van der Waals surface area (Å²) in [5.41, 5.74) is 1.32. The van der Waals surface area contributed by atoms with E-state index in [0.717, 1.165) is 18.4 Å². The van der Waals surface area contributed by atoms with Crippen LogP contribution in [0.2, 0.25) is 0 Å². The number of hydrogen-bond acceptors (Lipinski definition) is 5. The van der Waals surface area contributed by atoms with Gasteiger partial charge >= 0.3 is 0 Å². The smallest absolute Gasteiger partial charge is 0.273 e. The van der Waals surface area contributed by atoms with Crippen molar-refractivity contribution in [1.82, 2.24) is 20.3 Å². The van der Waals surface area contributed by atoms with Crippen LogP contribution in [-0.2, 0) is 11.3 Å². The number of benzene rings is 1. The number of carbonyl (C=O) groups is 1. The number of ether oxygens (including phenoxy) is 1. The zero-order valence-corrected chi connectivity index (χ0v) is 14.9. The fraction of sp³-hybridized carbons (Fsp3) is 0.526. The Balaban J connectivity index is 1.48. The van der Waals surface area contributed by atoms with Crippen molar-refractivity contribution in [3.8, 4) is 0 Å². The molecule has 1 aromatic carbocycles. The summed E-state index contributed by atoms with van der Waals surface area (Å²) in [6.07, 6.45) is 7.51. The molecule has 1 fully saturated rings. The van der Waals surface area contributed by atoms with E-state index in [-0.39, 0.29) is 24.8 Å². The maximum atomic E-state index is 12.3. The molecule has 1 aromatic heterocycles. The number of amides is 1. The zero-order chi connectivity index (χ0) is 18.2. The van der Waals surface area contributed by atoms with Gasteiger partial charge in [0.05, 0.1) is 38.1 Å². The van der Waals surface area contributed by atoms with Gasteiger partial charge in [0.1, 0.15) is 0 Å². The quantitative estimate of drug-likeness (QED) is 0.754. The molecule has 140 valence electrons. The third-order valence-corrected chi connectivity index (χ3v) is 4.68. The SMILES string of the molecule is O=C(N[C@H](CO)COCc1ccccc1)c1cn(C2CCCCC2)nn1. The Labute approximate surface area is 153 Å². The molecule has 26 heavy (non-hydrogen) atoms. The van der Waals surface area contributed by atoms with E-state index in [9.17, 15) is 9.90 Å². The largest absolute Gasteiger partial charge is 0.394 e. The number of nitrogens with one attached hydrogen (secondary N) is 1. The monoisotopic (exact) mass is 358 g/mol. The maximum Gasteiger partial charge on any atom is 0.273 e. The van der Waals surface area contributed by atoms with Gasteiger partial charge in [-0.05, 0) is 18.4 Å². The van der Waals surface area contributed by atoms with Crippen LogP contribution >= 0.6 is 0 Å². The van der Waals surface area contributed by atoms with Gasteiger partial charge in [0.25, 0.3) is 5.91 Å². The van der Waals surface area contributed by atoms with Crippen molar-refractivity contribution < 1.29 is 14.6 Å². The van der Waals surface area contributed by atoms with Crippen LogP contribution in [-0.4, -0.2) is 45.3 Å². The van der Waals surface area contributed by atoms with Crippen LogP contribution in [0.5, 0.6) is 0 Å². The van der Waals surface area contributed by atoms with Crippen LogP contribution in [0.15, 0.2) is 36.5 Å². The molecular formula is C19H26N4O3. The van der Waals surface area contributed by atoms with E-state index in [2.05, 4.69) is 15.6 Å². The lowest BCUT2D eigenvalue weighted by atomic mass is 9.96. The van der Waals surface area contributed by atoms with E-state index in [1.807, 2.05) is 30.3 Å². The molecule has 0 unspecified atom stereocenters. The molecule has 1 amide bonds.